The maximum atomic E-state index is 13.3. The van der Waals surface area contributed by atoms with Crippen LogP contribution in [0, 0.1) is 17.1 Å². The van der Waals surface area contributed by atoms with Crippen molar-refractivity contribution < 1.29 is 23.4 Å². The molecule has 1 N–H and O–H groups in total. The average molecular weight is 384 g/mol. The zero-order valence-corrected chi connectivity index (χ0v) is 15.7. The number of ether oxygens (including phenoxy) is 3. The third-order valence-corrected chi connectivity index (χ3v) is 3.74. The van der Waals surface area contributed by atoms with E-state index in [1.165, 1.54) is 32.4 Å². The van der Waals surface area contributed by atoms with Crippen LogP contribution in [0.2, 0.25) is 0 Å². The highest BCUT2D eigenvalue weighted by atomic mass is 19.1. The molecule has 0 aliphatic heterocycles. The topological polar surface area (TPSA) is 80.6 Å². The fourth-order valence-corrected chi connectivity index (χ4v) is 2.36. The zero-order valence-electron chi connectivity index (χ0n) is 15.7. The van der Waals surface area contributed by atoms with Crippen LogP contribution in [-0.4, -0.2) is 33.3 Å². The Bertz CT molecular complexity index is 890. The average Bonchev–Trinajstić information content (AvgIpc) is 2.70. The van der Waals surface area contributed by atoms with Crippen LogP contribution in [0.1, 0.15) is 11.1 Å². The summed E-state index contributed by atoms with van der Waals surface area (Å²) in [6.07, 6.45) is 1.46. The van der Waals surface area contributed by atoms with Crippen LogP contribution in [0.4, 0.5) is 4.39 Å². The molecule has 0 spiro atoms. The SMILES string of the molecule is COCCNC(=O)/C(C#N)=C/c1ccc(OCc2cccc(F)c2)c(OC)c1. The Morgan fingerprint density at radius 3 is 2.71 bits per heavy atom. The summed E-state index contributed by atoms with van der Waals surface area (Å²) in [5, 5.41) is 11.8. The Kier molecular flexibility index (Phi) is 8.00. The summed E-state index contributed by atoms with van der Waals surface area (Å²) in [5.41, 5.74) is 1.26. The van der Waals surface area contributed by atoms with Crippen LogP contribution in [0.25, 0.3) is 6.08 Å². The van der Waals surface area contributed by atoms with E-state index >= 15 is 0 Å². The van der Waals surface area contributed by atoms with Gasteiger partial charge in [0.1, 0.15) is 24.1 Å². The summed E-state index contributed by atoms with van der Waals surface area (Å²) in [4.78, 5) is 12.0. The number of hydrogen-bond donors (Lipinski definition) is 1. The first-order valence-corrected chi connectivity index (χ1v) is 8.51. The van der Waals surface area contributed by atoms with Crippen LogP contribution in [0.5, 0.6) is 11.5 Å². The molecule has 1 amide bonds. The lowest BCUT2D eigenvalue weighted by atomic mass is 10.1. The third kappa shape index (κ3) is 6.11. The number of carbonyl (C=O) groups is 1. The molecule has 7 heteroatoms. The van der Waals surface area contributed by atoms with E-state index in [9.17, 15) is 14.4 Å². The van der Waals surface area contributed by atoms with Gasteiger partial charge in [-0.25, -0.2) is 4.39 Å². The van der Waals surface area contributed by atoms with E-state index in [-0.39, 0.29) is 18.0 Å². The summed E-state index contributed by atoms with van der Waals surface area (Å²) in [6.45, 7) is 0.842. The number of nitrogens with zero attached hydrogens (tertiary/aromatic N) is 1. The first-order chi connectivity index (χ1) is 13.6. The third-order valence-electron chi connectivity index (χ3n) is 3.74. The smallest absolute Gasteiger partial charge is 0.262 e. The molecule has 28 heavy (non-hydrogen) atoms. The van der Waals surface area contributed by atoms with Gasteiger partial charge in [-0.3, -0.25) is 4.79 Å². The summed E-state index contributed by atoms with van der Waals surface area (Å²) in [7, 11) is 3.01. The van der Waals surface area contributed by atoms with E-state index in [0.717, 1.165) is 0 Å². The first kappa shape index (κ1) is 20.9. The van der Waals surface area contributed by atoms with E-state index in [2.05, 4.69) is 5.32 Å². The molecule has 0 aliphatic carbocycles. The predicted octanol–water partition coefficient (Wildman–Crippen LogP) is 3.08. The van der Waals surface area contributed by atoms with E-state index in [1.54, 1.807) is 30.3 Å². The maximum Gasteiger partial charge on any atom is 0.262 e. The molecule has 146 valence electrons. The first-order valence-electron chi connectivity index (χ1n) is 8.51. The van der Waals surface area contributed by atoms with Crippen LogP contribution in [0.3, 0.4) is 0 Å². The number of rotatable bonds is 9. The lowest BCUT2D eigenvalue weighted by Crippen LogP contribution is -2.27. The summed E-state index contributed by atoms with van der Waals surface area (Å²) in [5.74, 6) is 0.0838. The Balaban J connectivity index is 2.12. The number of nitrogens with one attached hydrogen (secondary N) is 1. The number of halogens is 1. The van der Waals surface area contributed by atoms with Crippen molar-refractivity contribution in [1.82, 2.24) is 5.32 Å². The number of carbonyl (C=O) groups excluding carboxylic acids is 1. The molecule has 0 saturated carbocycles. The van der Waals surface area contributed by atoms with Gasteiger partial charge in [0.05, 0.1) is 13.7 Å². The number of nitriles is 1. The van der Waals surface area contributed by atoms with Gasteiger partial charge in [-0.15, -0.1) is 0 Å². The van der Waals surface area contributed by atoms with Crippen molar-refractivity contribution in [3.63, 3.8) is 0 Å². The van der Waals surface area contributed by atoms with Gasteiger partial charge < -0.3 is 19.5 Å². The van der Waals surface area contributed by atoms with Crippen LogP contribution >= 0.6 is 0 Å². The van der Waals surface area contributed by atoms with Gasteiger partial charge in [0.2, 0.25) is 0 Å². The van der Waals surface area contributed by atoms with Crippen LogP contribution in [-0.2, 0) is 16.1 Å². The maximum absolute atomic E-state index is 13.3. The molecule has 2 aromatic rings. The highest BCUT2D eigenvalue weighted by Crippen LogP contribution is 2.29. The van der Waals surface area contributed by atoms with Crippen LogP contribution < -0.4 is 14.8 Å². The fraction of sp³-hybridized carbons (Fsp3) is 0.238. The molecule has 0 fully saturated rings. The Hall–Kier alpha value is -3.37. The number of methoxy groups -OCH3 is 2. The van der Waals surface area contributed by atoms with Crippen molar-refractivity contribution in [1.29, 1.82) is 5.26 Å². The Labute approximate surface area is 163 Å². The molecule has 0 unspecified atom stereocenters. The lowest BCUT2D eigenvalue weighted by molar-refractivity contribution is -0.117. The molecule has 0 atom stereocenters. The molecule has 0 bridgehead atoms. The molecule has 0 saturated heterocycles. The lowest BCUT2D eigenvalue weighted by Gasteiger charge is -2.12. The highest BCUT2D eigenvalue weighted by molar-refractivity contribution is 6.01. The van der Waals surface area contributed by atoms with Crippen molar-refractivity contribution >= 4 is 12.0 Å². The van der Waals surface area contributed by atoms with Gasteiger partial charge in [-0.1, -0.05) is 18.2 Å². The fourth-order valence-electron chi connectivity index (χ4n) is 2.36. The van der Waals surface area contributed by atoms with Crippen LogP contribution in [0.15, 0.2) is 48.0 Å². The summed E-state index contributed by atoms with van der Waals surface area (Å²) in [6, 6.07) is 13.0. The normalized spacial score (nSPS) is 10.9. The van der Waals surface area contributed by atoms with Crippen molar-refractivity contribution in [3.05, 3.63) is 65.0 Å². The van der Waals surface area contributed by atoms with Crippen molar-refractivity contribution in [2.24, 2.45) is 0 Å². The van der Waals surface area contributed by atoms with Gasteiger partial charge >= 0.3 is 0 Å². The predicted molar refractivity (Wildman–Crippen MR) is 102 cm³/mol. The number of benzene rings is 2. The molecule has 0 aliphatic rings. The monoisotopic (exact) mass is 384 g/mol. The second-order valence-corrected chi connectivity index (χ2v) is 5.75. The van der Waals surface area contributed by atoms with Gasteiger partial charge in [-0.05, 0) is 41.5 Å². The largest absolute Gasteiger partial charge is 0.493 e. The van der Waals surface area contributed by atoms with E-state index in [1.807, 2.05) is 6.07 Å². The van der Waals surface area contributed by atoms with Gasteiger partial charge in [0.15, 0.2) is 11.5 Å². The minimum absolute atomic E-state index is 0.0356. The molecular formula is C21H21FN2O4. The standard InChI is InChI=1S/C21H21FN2O4/c1-26-9-8-24-21(25)17(13-23)10-15-6-7-19(20(12-15)27-2)28-14-16-4-3-5-18(22)11-16/h3-7,10-12H,8-9,14H2,1-2H3,(H,24,25)/b17-10+. The number of amides is 1. The second-order valence-electron chi connectivity index (χ2n) is 5.75. The minimum atomic E-state index is -0.482. The molecule has 0 heterocycles. The second kappa shape index (κ2) is 10.7. The van der Waals surface area contributed by atoms with Crippen molar-refractivity contribution in [2.75, 3.05) is 27.4 Å². The van der Waals surface area contributed by atoms with Gasteiger partial charge in [-0.2, -0.15) is 5.26 Å². The van der Waals surface area contributed by atoms with Gasteiger partial charge in [0, 0.05) is 13.7 Å². The minimum Gasteiger partial charge on any atom is -0.493 e. The molecule has 2 rings (SSSR count). The van der Waals surface area contributed by atoms with Crippen molar-refractivity contribution in [2.45, 2.75) is 6.61 Å². The molecular weight excluding hydrogens is 363 g/mol. The molecule has 2 aromatic carbocycles. The quantitative estimate of drug-likeness (QED) is 0.408. The Morgan fingerprint density at radius 1 is 1.21 bits per heavy atom. The molecule has 0 aromatic heterocycles. The Morgan fingerprint density at radius 2 is 2.04 bits per heavy atom. The van der Waals surface area contributed by atoms with E-state index < -0.39 is 5.91 Å². The summed E-state index contributed by atoms with van der Waals surface area (Å²) >= 11 is 0. The molecule has 0 radical (unpaired) electrons. The highest BCUT2D eigenvalue weighted by Gasteiger charge is 2.10. The van der Waals surface area contributed by atoms with Crippen molar-refractivity contribution in [3.8, 4) is 17.6 Å². The molecule has 6 nitrogen and oxygen atoms in total. The van der Waals surface area contributed by atoms with Gasteiger partial charge in [0.25, 0.3) is 5.91 Å². The van der Waals surface area contributed by atoms with E-state index in [4.69, 9.17) is 14.2 Å². The number of hydrogen-bond acceptors (Lipinski definition) is 5. The zero-order chi connectivity index (χ0) is 20.4. The summed E-state index contributed by atoms with van der Waals surface area (Å²) < 4.78 is 29.1. The van der Waals surface area contributed by atoms with E-state index in [0.29, 0.717) is 35.8 Å².